The topological polar surface area (TPSA) is 50.8 Å². The van der Waals surface area contributed by atoms with E-state index in [4.69, 9.17) is 21.1 Å². The minimum absolute atomic E-state index is 0.284. The van der Waals surface area contributed by atoms with Crippen LogP contribution in [0.25, 0.3) is 0 Å². The lowest BCUT2D eigenvalue weighted by Crippen LogP contribution is -2.28. The molecule has 0 bridgehead atoms. The lowest BCUT2D eigenvalue weighted by Gasteiger charge is -2.16. The SMILES string of the molecule is CCCOc1cc(Cl)c(CNCCCN2CCCC2=O)cc1OCC. The van der Waals surface area contributed by atoms with Gasteiger partial charge in [0.1, 0.15) is 0 Å². The van der Waals surface area contributed by atoms with Crippen LogP contribution in [0.4, 0.5) is 0 Å². The zero-order valence-electron chi connectivity index (χ0n) is 15.3. The maximum atomic E-state index is 11.6. The zero-order chi connectivity index (χ0) is 18.1. The third-order valence-corrected chi connectivity index (χ3v) is 4.49. The van der Waals surface area contributed by atoms with Gasteiger partial charge < -0.3 is 19.7 Å². The summed E-state index contributed by atoms with van der Waals surface area (Å²) in [7, 11) is 0. The number of nitrogens with zero attached hydrogens (tertiary/aromatic N) is 1. The smallest absolute Gasteiger partial charge is 0.222 e. The molecule has 1 aliphatic rings. The molecule has 0 unspecified atom stereocenters. The fraction of sp³-hybridized carbons (Fsp3) is 0.632. The molecule has 2 rings (SSSR count). The van der Waals surface area contributed by atoms with E-state index in [1.807, 2.05) is 24.0 Å². The van der Waals surface area contributed by atoms with Crippen molar-refractivity contribution in [3.05, 3.63) is 22.7 Å². The summed E-state index contributed by atoms with van der Waals surface area (Å²) in [5.74, 6) is 1.72. The van der Waals surface area contributed by atoms with E-state index < -0.39 is 0 Å². The van der Waals surface area contributed by atoms with Crippen LogP contribution in [0, 0.1) is 0 Å². The van der Waals surface area contributed by atoms with Gasteiger partial charge in [0.2, 0.25) is 5.91 Å². The van der Waals surface area contributed by atoms with Gasteiger partial charge in [0.25, 0.3) is 0 Å². The van der Waals surface area contributed by atoms with Gasteiger partial charge in [-0.25, -0.2) is 0 Å². The van der Waals surface area contributed by atoms with E-state index in [1.54, 1.807) is 0 Å². The van der Waals surface area contributed by atoms with Gasteiger partial charge in [-0.15, -0.1) is 0 Å². The summed E-state index contributed by atoms with van der Waals surface area (Å²) in [6.45, 7) is 8.49. The van der Waals surface area contributed by atoms with E-state index in [0.29, 0.717) is 37.0 Å². The van der Waals surface area contributed by atoms with Gasteiger partial charge in [-0.05, 0) is 44.4 Å². The molecule has 1 aromatic rings. The van der Waals surface area contributed by atoms with E-state index in [0.717, 1.165) is 50.2 Å². The molecule has 0 saturated carbocycles. The number of ether oxygens (including phenoxy) is 2. The van der Waals surface area contributed by atoms with Gasteiger partial charge >= 0.3 is 0 Å². The molecule has 1 fully saturated rings. The fourth-order valence-electron chi connectivity index (χ4n) is 2.86. The molecule has 0 atom stereocenters. The largest absolute Gasteiger partial charge is 0.490 e. The number of carbonyl (C=O) groups is 1. The van der Waals surface area contributed by atoms with Crippen molar-refractivity contribution in [2.75, 3.05) is 32.8 Å². The number of halogens is 1. The average Bonchev–Trinajstić information content (AvgIpc) is 3.00. The molecular weight excluding hydrogens is 340 g/mol. The normalized spacial score (nSPS) is 14.2. The summed E-state index contributed by atoms with van der Waals surface area (Å²) < 4.78 is 11.4. The Hall–Kier alpha value is -1.46. The van der Waals surface area contributed by atoms with Gasteiger partial charge in [-0.2, -0.15) is 0 Å². The van der Waals surface area contributed by atoms with Crippen LogP contribution in [-0.2, 0) is 11.3 Å². The van der Waals surface area contributed by atoms with Crippen LogP contribution in [0.15, 0.2) is 12.1 Å². The predicted octanol–water partition coefficient (Wildman–Crippen LogP) is 3.63. The van der Waals surface area contributed by atoms with E-state index in [1.165, 1.54) is 0 Å². The number of likely N-dealkylation sites (tertiary alicyclic amines) is 1. The van der Waals surface area contributed by atoms with Crippen molar-refractivity contribution in [2.45, 2.75) is 46.1 Å². The van der Waals surface area contributed by atoms with Crippen LogP contribution < -0.4 is 14.8 Å². The quantitative estimate of drug-likeness (QED) is 0.606. The molecule has 140 valence electrons. The molecule has 1 amide bonds. The van der Waals surface area contributed by atoms with Crippen molar-refractivity contribution in [1.82, 2.24) is 10.2 Å². The number of carbonyl (C=O) groups excluding carboxylic acids is 1. The van der Waals surface area contributed by atoms with Crippen molar-refractivity contribution in [1.29, 1.82) is 0 Å². The second kappa shape index (κ2) is 10.5. The average molecular weight is 369 g/mol. The van der Waals surface area contributed by atoms with Crippen molar-refractivity contribution >= 4 is 17.5 Å². The monoisotopic (exact) mass is 368 g/mol. The standard InChI is InChI=1S/C19H29ClN2O3/c1-3-11-25-18-13-16(20)15(12-17(18)24-4-2)14-21-8-6-10-22-9-5-7-19(22)23/h12-13,21H,3-11,14H2,1-2H3. The number of rotatable bonds is 11. The minimum Gasteiger partial charge on any atom is -0.490 e. The van der Waals surface area contributed by atoms with Crippen LogP contribution in [0.5, 0.6) is 11.5 Å². The Morgan fingerprint density at radius 1 is 1.24 bits per heavy atom. The zero-order valence-corrected chi connectivity index (χ0v) is 16.0. The number of nitrogens with one attached hydrogen (secondary N) is 1. The van der Waals surface area contributed by atoms with Gasteiger partial charge in [0.05, 0.1) is 13.2 Å². The van der Waals surface area contributed by atoms with Crippen LogP contribution in [0.2, 0.25) is 5.02 Å². The first-order chi connectivity index (χ1) is 12.2. The predicted molar refractivity (Wildman–Crippen MR) is 101 cm³/mol. The molecule has 1 N–H and O–H groups in total. The highest BCUT2D eigenvalue weighted by atomic mass is 35.5. The lowest BCUT2D eigenvalue weighted by atomic mass is 10.2. The second-order valence-electron chi connectivity index (χ2n) is 6.19. The summed E-state index contributed by atoms with van der Waals surface area (Å²) >= 11 is 6.39. The van der Waals surface area contributed by atoms with Crippen LogP contribution in [0.1, 0.15) is 45.1 Å². The molecule has 1 aromatic carbocycles. The second-order valence-corrected chi connectivity index (χ2v) is 6.59. The first-order valence-electron chi connectivity index (χ1n) is 9.22. The molecule has 0 aliphatic carbocycles. The molecule has 0 radical (unpaired) electrons. The summed E-state index contributed by atoms with van der Waals surface area (Å²) in [5, 5.41) is 4.07. The van der Waals surface area contributed by atoms with Crippen molar-refractivity contribution in [3.8, 4) is 11.5 Å². The van der Waals surface area contributed by atoms with Crippen molar-refractivity contribution in [3.63, 3.8) is 0 Å². The summed E-state index contributed by atoms with van der Waals surface area (Å²) in [6.07, 6.45) is 3.58. The number of hydrogen-bond donors (Lipinski definition) is 1. The Bertz CT molecular complexity index is 566. The summed E-state index contributed by atoms with van der Waals surface area (Å²) in [5.41, 5.74) is 0.992. The van der Waals surface area contributed by atoms with E-state index in [9.17, 15) is 4.79 Å². The number of benzene rings is 1. The minimum atomic E-state index is 0.284. The summed E-state index contributed by atoms with van der Waals surface area (Å²) in [4.78, 5) is 13.5. The molecule has 0 aromatic heterocycles. The highest BCUT2D eigenvalue weighted by Gasteiger charge is 2.18. The van der Waals surface area contributed by atoms with E-state index in [-0.39, 0.29) is 5.91 Å². The molecule has 25 heavy (non-hydrogen) atoms. The van der Waals surface area contributed by atoms with Gasteiger partial charge in [-0.1, -0.05) is 18.5 Å². The molecule has 5 nitrogen and oxygen atoms in total. The Balaban J connectivity index is 1.83. The Labute approximate surface area is 155 Å². The van der Waals surface area contributed by atoms with Crippen LogP contribution in [-0.4, -0.2) is 43.7 Å². The first kappa shape index (κ1) is 19.9. The van der Waals surface area contributed by atoms with Gasteiger partial charge in [-0.3, -0.25) is 4.79 Å². The third-order valence-electron chi connectivity index (χ3n) is 4.14. The highest BCUT2D eigenvalue weighted by Crippen LogP contribution is 2.33. The van der Waals surface area contributed by atoms with E-state index >= 15 is 0 Å². The molecule has 6 heteroatoms. The molecule has 1 aliphatic heterocycles. The van der Waals surface area contributed by atoms with Crippen molar-refractivity contribution in [2.24, 2.45) is 0 Å². The highest BCUT2D eigenvalue weighted by molar-refractivity contribution is 6.31. The van der Waals surface area contributed by atoms with Crippen LogP contribution >= 0.6 is 11.6 Å². The lowest BCUT2D eigenvalue weighted by molar-refractivity contribution is -0.127. The molecule has 1 heterocycles. The Morgan fingerprint density at radius 2 is 2.04 bits per heavy atom. The van der Waals surface area contributed by atoms with Crippen molar-refractivity contribution < 1.29 is 14.3 Å². The van der Waals surface area contributed by atoms with Crippen LogP contribution in [0.3, 0.4) is 0 Å². The van der Waals surface area contributed by atoms with Gasteiger partial charge in [0.15, 0.2) is 11.5 Å². The Morgan fingerprint density at radius 3 is 2.72 bits per heavy atom. The number of hydrogen-bond acceptors (Lipinski definition) is 4. The first-order valence-corrected chi connectivity index (χ1v) is 9.60. The maximum Gasteiger partial charge on any atom is 0.222 e. The molecular formula is C19H29ClN2O3. The molecule has 1 saturated heterocycles. The third kappa shape index (κ3) is 6.08. The Kier molecular flexibility index (Phi) is 8.35. The maximum absolute atomic E-state index is 11.6. The summed E-state index contributed by atoms with van der Waals surface area (Å²) in [6, 6.07) is 3.79. The van der Waals surface area contributed by atoms with E-state index in [2.05, 4.69) is 12.2 Å². The molecule has 0 spiro atoms. The fourth-order valence-corrected chi connectivity index (χ4v) is 3.08. The van der Waals surface area contributed by atoms with Gasteiger partial charge in [0, 0.05) is 37.1 Å². The number of amides is 1.